The van der Waals surface area contributed by atoms with Gasteiger partial charge >= 0.3 is 6.03 Å². The Morgan fingerprint density at radius 2 is 1.93 bits per heavy atom. The van der Waals surface area contributed by atoms with Crippen LogP contribution in [0.2, 0.25) is 0 Å². The Balaban J connectivity index is 1.39. The molecular formula is C19H25N5O4S. The van der Waals surface area contributed by atoms with Gasteiger partial charge in [-0.05, 0) is 23.6 Å². The van der Waals surface area contributed by atoms with Crippen molar-refractivity contribution >= 4 is 28.7 Å². The number of hydrogen-bond acceptors (Lipinski definition) is 7. The van der Waals surface area contributed by atoms with E-state index >= 15 is 0 Å². The van der Waals surface area contributed by atoms with Gasteiger partial charge in [0, 0.05) is 55.4 Å². The highest BCUT2D eigenvalue weighted by atomic mass is 32.1. The largest absolute Gasteiger partial charge is 0.383 e. The van der Waals surface area contributed by atoms with Gasteiger partial charge in [0.25, 0.3) is 5.69 Å². The van der Waals surface area contributed by atoms with E-state index in [1.807, 2.05) is 11.4 Å². The molecule has 1 aromatic heterocycles. The Morgan fingerprint density at radius 1 is 1.17 bits per heavy atom. The van der Waals surface area contributed by atoms with Gasteiger partial charge in [0.15, 0.2) is 0 Å². The minimum absolute atomic E-state index is 0.0496. The van der Waals surface area contributed by atoms with Gasteiger partial charge in [0.05, 0.1) is 24.2 Å². The second kappa shape index (κ2) is 10.7. The molecule has 1 aliphatic heterocycles. The number of non-ortho nitro benzene ring substituents is 1. The van der Waals surface area contributed by atoms with E-state index in [1.54, 1.807) is 23.5 Å². The van der Waals surface area contributed by atoms with Gasteiger partial charge in [0.1, 0.15) is 0 Å². The fourth-order valence-corrected chi connectivity index (χ4v) is 3.98. The van der Waals surface area contributed by atoms with Crippen LogP contribution < -0.4 is 16.0 Å². The number of benzene rings is 1. The third-order valence-electron chi connectivity index (χ3n) is 4.63. The molecule has 2 aromatic rings. The number of urea groups is 1. The number of nitro groups is 1. The number of rotatable bonds is 9. The van der Waals surface area contributed by atoms with Gasteiger partial charge in [-0.1, -0.05) is 6.07 Å². The van der Waals surface area contributed by atoms with Crippen LogP contribution in [-0.2, 0) is 4.74 Å². The Bertz CT molecular complexity index is 778. The maximum Gasteiger partial charge on any atom is 0.314 e. The van der Waals surface area contributed by atoms with Gasteiger partial charge in [-0.15, -0.1) is 11.3 Å². The topological polar surface area (TPSA) is 109 Å². The highest BCUT2D eigenvalue weighted by molar-refractivity contribution is 7.10. The summed E-state index contributed by atoms with van der Waals surface area (Å²) in [5, 5.41) is 21.6. The Kier molecular flexibility index (Phi) is 7.79. The van der Waals surface area contributed by atoms with Crippen molar-refractivity contribution in [2.24, 2.45) is 0 Å². The SMILES string of the molecule is O=C(NCCNc1ccc([N+](=O)[O-])cc1)NC[C@@H](c1cccs1)N1CCOCC1. The minimum atomic E-state index is -0.434. The van der Waals surface area contributed by atoms with Gasteiger partial charge in [-0.3, -0.25) is 15.0 Å². The van der Waals surface area contributed by atoms with Crippen LogP contribution in [0.25, 0.3) is 0 Å². The highest BCUT2D eigenvalue weighted by Gasteiger charge is 2.23. The number of nitrogens with one attached hydrogen (secondary N) is 3. The maximum absolute atomic E-state index is 12.2. The van der Waals surface area contributed by atoms with Crippen molar-refractivity contribution < 1.29 is 14.5 Å². The maximum atomic E-state index is 12.2. The van der Waals surface area contributed by atoms with E-state index in [9.17, 15) is 14.9 Å². The normalized spacial score (nSPS) is 15.4. The van der Waals surface area contributed by atoms with Crippen molar-refractivity contribution in [3.63, 3.8) is 0 Å². The van der Waals surface area contributed by atoms with Crippen LogP contribution in [0.1, 0.15) is 10.9 Å². The first-order chi connectivity index (χ1) is 14.1. The van der Waals surface area contributed by atoms with Crippen molar-refractivity contribution in [3.05, 3.63) is 56.8 Å². The van der Waals surface area contributed by atoms with Crippen LogP contribution in [0, 0.1) is 10.1 Å². The van der Waals surface area contributed by atoms with Crippen LogP contribution in [0.15, 0.2) is 41.8 Å². The number of thiophene rings is 1. The molecule has 156 valence electrons. The van der Waals surface area contributed by atoms with Gasteiger partial charge < -0.3 is 20.7 Å². The number of ether oxygens (including phenoxy) is 1. The summed E-state index contributed by atoms with van der Waals surface area (Å²) in [5.41, 5.74) is 0.816. The molecule has 2 heterocycles. The predicted octanol–water partition coefficient (Wildman–Crippen LogP) is 2.44. The van der Waals surface area contributed by atoms with Crippen LogP contribution >= 0.6 is 11.3 Å². The highest BCUT2D eigenvalue weighted by Crippen LogP contribution is 2.25. The molecule has 2 amide bonds. The first kappa shape index (κ1) is 21.0. The number of morpholine rings is 1. The average Bonchev–Trinajstić information content (AvgIpc) is 3.27. The number of carbonyl (C=O) groups excluding carboxylic acids is 1. The van der Waals surface area contributed by atoms with Crippen LogP contribution in [-0.4, -0.2) is 61.8 Å². The fourth-order valence-electron chi connectivity index (χ4n) is 3.12. The van der Waals surface area contributed by atoms with Crippen molar-refractivity contribution in [2.45, 2.75) is 6.04 Å². The molecule has 0 spiro atoms. The van der Waals surface area contributed by atoms with Crippen LogP contribution in [0.5, 0.6) is 0 Å². The summed E-state index contributed by atoms with van der Waals surface area (Å²) in [4.78, 5) is 26.0. The van der Waals surface area contributed by atoms with Crippen molar-refractivity contribution in [1.82, 2.24) is 15.5 Å². The molecule has 1 atom stereocenters. The van der Waals surface area contributed by atoms with Crippen LogP contribution in [0.3, 0.4) is 0 Å². The molecule has 9 nitrogen and oxygen atoms in total. The predicted molar refractivity (Wildman–Crippen MR) is 112 cm³/mol. The molecule has 3 rings (SSSR count). The average molecular weight is 420 g/mol. The summed E-state index contributed by atoms with van der Waals surface area (Å²) < 4.78 is 5.43. The lowest BCUT2D eigenvalue weighted by atomic mass is 10.2. The van der Waals surface area contributed by atoms with Crippen molar-refractivity contribution in [1.29, 1.82) is 0 Å². The molecule has 10 heteroatoms. The Labute approximate surface area is 173 Å². The van der Waals surface area contributed by atoms with E-state index < -0.39 is 4.92 Å². The summed E-state index contributed by atoms with van der Waals surface area (Å²) >= 11 is 1.69. The van der Waals surface area contributed by atoms with Gasteiger partial charge in [-0.25, -0.2) is 4.79 Å². The Morgan fingerprint density at radius 3 is 2.59 bits per heavy atom. The van der Waals surface area contributed by atoms with Crippen LogP contribution in [0.4, 0.5) is 16.2 Å². The third-order valence-corrected chi connectivity index (χ3v) is 5.61. The first-order valence-electron chi connectivity index (χ1n) is 9.49. The molecule has 0 aliphatic carbocycles. The molecule has 1 aromatic carbocycles. The number of nitrogens with zero attached hydrogens (tertiary/aromatic N) is 2. The molecule has 0 unspecified atom stereocenters. The molecule has 0 radical (unpaired) electrons. The smallest absolute Gasteiger partial charge is 0.314 e. The van der Waals surface area contributed by atoms with Crippen molar-refractivity contribution in [3.8, 4) is 0 Å². The second-order valence-electron chi connectivity index (χ2n) is 6.55. The molecule has 1 saturated heterocycles. The summed E-state index contributed by atoms with van der Waals surface area (Å²) in [6, 6.07) is 10.2. The van der Waals surface area contributed by atoms with E-state index in [2.05, 4.69) is 26.9 Å². The first-order valence-corrected chi connectivity index (χ1v) is 10.4. The summed E-state index contributed by atoms with van der Waals surface area (Å²) in [6.45, 7) is 4.61. The molecule has 0 saturated carbocycles. The van der Waals surface area contributed by atoms with E-state index in [0.29, 0.717) is 32.8 Å². The quantitative estimate of drug-likeness (QED) is 0.327. The fraction of sp³-hybridized carbons (Fsp3) is 0.421. The second-order valence-corrected chi connectivity index (χ2v) is 7.53. The zero-order valence-electron chi connectivity index (χ0n) is 16.0. The zero-order chi connectivity index (χ0) is 20.5. The monoisotopic (exact) mass is 419 g/mol. The standard InChI is InChI=1S/C19H25N5O4S/c25-19(21-8-7-20-15-3-5-16(6-4-15)24(26)27)22-14-17(18-2-1-13-29-18)23-9-11-28-12-10-23/h1-6,13,17,20H,7-12,14H2,(H2,21,22,25)/t17-/m0/s1. The molecule has 29 heavy (non-hydrogen) atoms. The number of amides is 2. The number of anilines is 1. The summed E-state index contributed by atoms with van der Waals surface area (Å²) in [6.07, 6.45) is 0. The number of carbonyl (C=O) groups is 1. The van der Waals surface area contributed by atoms with E-state index in [-0.39, 0.29) is 17.8 Å². The van der Waals surface area contributed by atoms with Crippen molar-refractivity contribution in [2.75, 3.05) is 51.3 Å². The molecular weight excluding hydrogens is 394 g/mol. The van der Waals surface area contributed by atoms with E-state index in [1.165, 1.54) is 17.0 Å². The lowest BCUT2D eigenvalue weighted by molar-refractivity contribution is -0.384. The van der Waals surface area contributed by atoms with E-state index in [0.717, 1.165) is 18.8 Å². The lowest BCUT2D eigenvalue weighted by Crippen LogP contribution is -2.46. The Hall–Kier alpha value is -2.69. The number of nitro benzene ring substituents is 1. The summed E-state index contributed by atoms with van der Waals surface area (Å²) in [5.74, 6) is 0. The van der Waals surface area contributed by atoms with Gasteiger partial charge in [-0.2, -0.15) is 0 Å². The van der Waals surface area contributed by atoms with Gasteiger partial charge in [0.2, 0.25) is 0 Å². The molecule has 1 aliphatic rings. The zero-order valence-corrected chi connectivity index (χ0v) is 16.8. The lowest BCUT2D eigenvalue weighted by Gasteiger charge is -2.34. The minimum Gasteiger partial charge on any atom is -0.383 e. The summed E-state index contributed by atoms with van der Waals surface area (Å²) in [7, 11) is 0. The molecule has 0 bridgehead atoms. The molecule has 3 N–H and O–H groups in total. The molecule has 1 fully saturated rings. The number of hydrogen-bond donors (Lipinski definition) is 3. The van der Waals surface area contributed by atoms with E-state index in [4.69, 9.17) is 4.74 Å². The third kappa shape index (κ3) is 6.41.